The Hall–Kier alpha value is -3.30. The van der Waals surface area contributed by atoms with E-state index in [9.17, 15) is 4.79 Å². The molecule has 0 N–H and O–H groups in total. The van der Waals surface area contributed by atoms with Gasteiger partial charge in [-0.1, -0.05) is 12.5 Å². The third kappa shape index (κ3) is 4.85. The van der Waals surface area contributed by atoms with Gasteiger partial charge in [0.05, 0.1) is 12.1 Å². The number of aryl methyl sites for hydroxylation is 1. The summed E-state index contributed by atoms with van der Waals surface area (Å²) in [5, 5.41) is 9.72. The number of fused-ring (bicyclic) bond motifs is 3. The molecule has 0 bridgehead atoms. The predicted octanol–water partition coefficient (Wildman–Crippen LogP) is 3.95. The first-order valence-corrected chi connectivity index (χ1v) is 13.5. The maximum absolute atomic E-state index is 13.2. The van der Waals surface area contributed by atoms with Crippen LogP contribution in [0.5, 0.6) is 5.88 Å². The molecule has 1 aromatic carbocycles. The van der Waals surface area contributed by atoms with Crippen LogP contribution in [0.4, 0.5) is 0 Å². The fourth-order valence-corrected chi connectivity index (χ4v) is 5.64. The minimum atomic E-state index is -0.0578. The molecule has 0 radical (unpaired) electrons. The Morgan fingerprint density at radius 1 is 1.03 bits per heavy atom. The minimum absolute atomic E-state index is 0.0578. The van der Waals surface area contributed by atoms with Crippen LogP contribution in [-0.4, -0.2) is 68.7 Å². The number of nitrogens with zero attached hydrogens (tertiary/aromatic N) is 6. The topological polar surface area (TPSA) is 87.3 Å². The zero-order valence-electron chi connectivity index (χ0n) is 21.4. The quantitative estimate of drug-likeness (QED) is 0.354. The summed E-state index contributed by atoms with van der Waals surface area (Å²) < 4.78 is 15.0. The molecule has 6 rings (SSSR count). The van der Waals surface area contributed by atoms with E-state index < -0.39 is 0 Å². The Balaban J connectivity index is 1.24. The highest BCUT2D eigenvalue weighted by Gasteiger charge is 2.24. The molecule has 4 aromatic rings. The van der Waals surface area contributed by atoms with Gasteiger partial charge >= 0.3 is 5.69 Å². The van der Waals surface area contributed by atoms with Gasteiger partial charge < -0.3 is 14.4 Å². The summed E-state index contributed by atoms with van der Waals surface area (Å²) in [6, 6.07) is 10.1. The van der Waals surface area contributed by atoms with Crippen molar-refractivity contribution >= 4 is 22.1 Å². The first-order valence-electron chi connectivity index (χ1n) is 13.5. The maximum atomic E-state index is 13.2. The summed E-state index contributed by atoms with van der Waals surface area (Å²) in [5.74, 6) is 0.646. The second-order valence-corrected chi connectivity index (χ2v) is 10.1. The number of imidazole rings is 1. The largest absolute Gasteiger partial charge is 0.478 e. The lowest BCUT2D eigenvalue weighted by Gasteiger charge is -2.26. The van der Waals surface area contributed by atoms with Gasteiger partial charge in [-0.25, -0.2) is 9.78 Å². The molecule has 0 saturated carbocycles. The molecule has 0 aliphatic carbocycles. The zero-order chi connectivity index (χ0) is 25.2. The molecule has 2 aliphatic rings. The number of pyridine rings is 1. The molecule has 9 nitrogen and oxygen atoms in total. The molecule has 2 saturated heterocycles. The maximum Gasteiger partial charge on any atom is 0.330 e. The van der Waals surface area contributed by atoms with E-state index in [1.54, 1.807) is 11.6 Å². The van der Waals surface area contributed by atoms with Gasteiger partial charge in [0.25, 0.3) is 0 Å². The van der Waals surface area contributed by atoms with E-state index in [2.05, 4.69) is 26.1 Å². The van der Waals surface area contributed by atoms with Gasteiger partial charge in [0.1, 0.15) is 5.52 Å². The first kappa shape index (κ1) is 24.1. The normalized spacial score (nSPS) is 17.5. The van der Waals surface area contributed by atoms with Gasteiger partial charge in [-0.15, -0.1) is 10.2 Å². The fourth-order valence-electron chi connectivity index (χ4n) is 5.64. The van der Waals surface area contributed by atoms with Crippen LogP contribution < -0.4 is 10.4 Å². The van der Waals surface area contributed by atoms with E-state index >= 15 is 0 Å². The zero-order valence-corrected chi connectivity index (χ0v) is 21.4. The predicted molar refractivity (Wildman–Crippen MR) is 143 cm³/mol. The van der Waals surface area contributed by atoms with Crippen molar-refractivity contribution in [2.75, 3.05) is 39.5 Å². The molecular formula is C28H34N6O3. The van der Waals surface area contributed by atoms with Crippen LogP contribution in [0.15, 0.2) is 41.3 Å². The lowest BCUT2D eigenvalue weighted by atomic mass is 10.0. The van der Waals surface area contributed by atoms with E-state index in [1.807, 2.05) is 35.0 Å². The van der Waals surface area contributed by atoms with E-state index in [-0.39, 0.29) is 11.7 Å². The summed E-state index contributed by atoms with van der Waals surface area (Å²) >= 11 is 0. The average molecular weight is 503 g/mol. The summed E-state index contributed by atoms with van der Waals surface area (Å²) in [6.07, 6.45) is 8.47. The second kappa shape index (κ2) is 10.6. The summed E-state index contributed by atoms with van der Waals surface area (Å²) in [4.78, 5) is 20.3. The standard InChI is InChI=1S/C28H34N6O3/c1-32-27-26(34(28(32)35)22-10-16-36-17-11-22)23-18-20(6-8-24(23)30-31-27)21-7-9-25(29-19-21)37-15-5-14-33-12-3-2-4-13-33/h6-9,18-19,22H,2-5,10-17H2,1H3. The molecule has 0 amide bonds. The molecule has 194 valence electrons. The summed E-state index contributed by atoms with van der Waals surface area (Å²) in [6.45, 7) is 5.51. The Kier molecular flexibility index (Phi) is 6.89. The van der Waals surface area contributed by atoms with Gasteiger partial charge in [0.15, 0.2) is 5.65 Å². The lowest BCUT2D eigenvalue weighted by Crippen LogP contribution is -2.31. The summed E-state index contributed by atoms with van der Waals surface area (Å²) in [5.41, 5.74) is 4.16. The molecule has 0 spiro atoms. The van der Waals surface area contributed by atoms with Crippen molar-refractivity contribution in [2.24, 2.45) is 7.05 Å². The molecule has 9 heteroatoms. The molecule has 2 aliphatic heterocycles. The van der Waals surface area contributed by atoms with E-state index in [0.29, 0.717) is 31.3 Å². The number of ether oxygens (including phenoxy) is 2. The van der Waals surface area contributed by atoms with E-state index in [0.717, 1.165) is 53.4 Å². The third-order valence-electron chi connectivity index (χ3n) is 7.71. The van der Waals surface area contributed by atoms with E-state index in [1.165, 1.54) is 32.4 Å². The Labute approximate surface area is 216 Å². The number of piperidine rings is 1. The Morgan fingerprint density at radius 2 is 1.84 bits per heavy atom. The van der Waals surface area contributed by atoms with Gasteiger partial charge in [-0.3, -0.25) is 9.13 Å². The van der Waals surface area contributed by atoms with Crippen molar-refractivity contribution in [1.82, 2.24) is 29.2 Å². The van der Waals surface area contributed by atoms with Crippen molar-refractivity contribution in [2.45, 2.75) is 44.6 Å². The SMILES string of the molecule is Cn1c(=O)n(C2CCOCC2)c2c3cc(-c4ccc(OCCCN5CCCCC5)nc4)ccc3nnc21. The lowest BCUT2D eigenvalue weighted by molar-refractivity contribution is 0.0697. The van der Waals surface area contributed by atoms with Crippen molar-refractivity contribution in [3.8, 4) is 17.0 Å². The van der Waals surface area contributed by atoms with Crippen LogP contribution in [0.25, 0.3) is 33.2 Å². The van der Waals surface area contributed by atoms with Gasteiger partial charge in [-0.05, 0) is 69.0 Å². The van der Waals surface area contributed by atoms with Crippen molar-refractivity contribution in [1.29, 1.82) is 0 Å². The van der Waals surface area contributed by atoms with Crippen LogP contribution in [0.2, 0.25) is 0 Å². The van der Waals surface area contributed by atoms with Crippen LogP contribution >= 0.6 is 0 Å². The van der Waals surface area contributed by atoms with Crippen LogP contribution in [0.3, 0.4) is 0 Å². The van der Waals surface area contributed by atoms with E-state index in [4.69, 9.17) is 9.47 Å². The highest BCUT2D eigenvalue weighted by Crippen LogP contribution is 2.31. The van der Waals surface area contributed by atoms with Crippen molar-refractivity contribution < 1.29 is 9.47 Å². The molecule has 0 unspecified atom stereocenters. The fraction of sp³-hybridized carbons (Fsp3) is 0.500. The molecule has 3 aromatic heterocycles. The molecule has 0 atom stereocenters. The smallest absolute Gasteiger partial charge is 0.330 e. The third-order valence-corrected chi connectivity index (χ3v) is 7.71. The number of hydrogen-bond donors (Lipinski definition) is 0. The van der Waals surface area contributed by atoms with Gasteiger partial charge in [-0.2, -0.15) is 0 Å². The molecular weight excluding hydrogens is 468 g/mol. The Bertz CT molecular complexity index is 1430. The number of hydrogen-bond acceptors (Lipinski definition) is 7. The average Bonchev–Trinajstić information content (AvgIpc) is 3.22. The van der Waals surface area contributed by atoms with Crippen LogP contribution in [0, 0.1) is 0 Å². The monoisotopic (exact) mass is 502 g/mol. The number of benzene rings is 1. The van der Waals surface area contributed by atoms with Gasteiger partial charge in [0, 0.05) is 56.1 Å². The van der Waals surface area contributed by atoms with Crippen molar-refractivity contribution in [3.63, 3.8) is 0 Å². The van der Waals surface area contributed by atoms with Crippen LogP contribution in [0.1, 0.15) is 44.6 Å². The molecule has 2 fully saturated rings. The number of likely N-dealkylation sites (tertiary alicyclic amines) is 1. The van der Waals surface area contributed by atoms with Crippen LogP contribution in [-0.2, 0) is 11.8 Å². The summed E-state index contributed by atoms with van der Waals surface area (Å²) in [7, 11) is 1.76. The number of rotatable bonds is 7. The highest BCUT2D eigenvalue weighted by atomic mass is 16.5. The Morgan fingerprint density at radius 3 is 2.62 bits per heavy atom. The van der Waals surface area contributed by atoms with Gasteiger partial charge in [0.2, 0.25) is 5.88 Å². The first-order chi connectivity index (χ1) is 18.2. The molecule has 37 heavy (non-hydrogen) atoms. The molecule has 5 heterocycles. The number of aromatic nitrogens is 5. The second-order valence-electron chi connectivity index (χ2n) is 10.1. The highest BCUT2D eigenvalue weighted by molar-refractivity contribution is 6.02. The minimum Gasteiger partial charge on any atom is -0.478 e. The van der Waals surface area contributed by atoms with Crippen molar-refractivity contribution in [3.05, 3.63) is 47.0 Å².